The lowest BCUT2D eigenvalue weighted by Gasteiger charge is -2.23. The van der Waals surface area contributed by atoms with Gasteiger partial charge >= 0.3 is 0 Å². The fourth-order valence-electron chi connectivity index (χ4n) is 3.26. The molecule has 0 aliphatic carbocycles. The van der Waals surface area contributed by atoms with E-state index in [9.17, 15) is 0 Å². The van der Waals surface area contributed by atoms with Crippen LogP contribution in [-0.2, 0) is 6.54 Å². The van der Waals surface area contributed by atoms with Crippen LogP contribution in [-0.4, -0.2) is 43.8 Å². The van der Waals surface area contributed by atoms with E-state index in [1.807, 2.05) is 6.92 Å². The van der Waals surface area contributed by atoms with Crippen LogP contribution in [0.25, 0.3) is 0 Å². The Morgan fingerprint density at radius 1 is 1.25 bits per heavy atom. The van der Waals surface area contributed by atoms with Crippen LogP contribution in [0, 0.1) is 0 Å². The number of hydrogen-bond donors (Lipinski definition) is 1. The summed E-state index contributed by atoms with van der Waals surface area (Å²) < 4.78 is 12.6. The number of hydrogen-bond acceptors (Lipinski definition) is 4. The predicted molar refractivity (Wildman–Crippen MR) is 103 cm³/mol. The van der Waals surface area contributed by atoms with Gasteiger partial charge in [-0.1, -0.05) is 13.8 Å². The van der Waals surface area contributed by atoms with Gasteiger partial charge in [0.25, 0.3) is 0 Å². The first-order chi connectivity index (χ1) is 11.7. The Balaban J connectivity index is 1.97. The Bertz CT molecular complexity index is 510. The van der Waals surface area contributed by atoms with Gasteiger partial charge in [0.15, 0.2) is 11.5 Å². The molecule has 0 amide bonds. The molecule has 0 aromatic heterocycles. The summed E-state index contributed by atoms with van der Waals surface area (Å²) in [5.41, 5.74) is 1.22. The maximum Gasteiger partial charge on any atom is 0.175 e. The van der Waals surface area contributed by atoms with Gasteiger partial charge in [-0.15, -0.1) is 0 Å². The molecular formula is C19H31BrN2O2. The molecule has 1 aliphatic rings. The number of benzene rings is 1. The molecular weight excluding hydrogens is 368 g/mol. The predicted octanol–water partition coefficient (Wildman–Crippen LogP) is 4.21. The largest absolute Gasteiger partial charge is 0.490 e. The van der Waals surface area contributed by atoms with Crippen molar-refractivity contribution in [1.82, 2.24) is 10.2 Å². The molecule has 24 heavy (non-hydrogen) atoms. The molecule has 1 atom stereocenters. The van der Waals surface area contributed by atoms with Gasteiger partial charge in [-0.3, -0.25) is 4.90 Å². The van der Waals surface area contributed by atoms with Crippen LogP contribution >= 0.6 is 15.9 Å². The summed E-state index contributed by atoms with van der Waals surface area (Å²) in [6.07, 6.45) is 3.61. The fraction of sp³-hybridized carbons (Fsp3) is 0.684. The molecule has 4 nitrogen and oxygen atoms in total. The van der Waals surface area contributed by atoms with Crippen molar-refractivity contribution in [2.75, 3.05) is 32.8 Å². The van der Waals surface area contributed by atoms with Crippen molar-refractivity contribution in [3.8, 4) is 11.5 Å². The first-order valence-corrected chi connectivity index (χ1v) is 10.0. The maximum atomic E-state index is 5.84. The Kier molecular flexibility index (Phi) is 8.36. The zero-order chi connectivity index (χ0) is 17.4. The lowest BCUT2D eigenvalue weighted by Crippen LogP contribution is -2.37. The van der Waals surface area contributed by atoms with Crippen molar-refractivity contribution in [2.45, 2.75) is 52.6 Å². The fourth-order valence-corrected chi connectivity index (χ4v) is 3.86. The van der Waals surface area contributed by atoms with Crippen molar-refractivity contribution in [3.05, 3.63) is 22.2 Å². The first-order valence-electron chi connectivity index (χ1n) is 9.22. The van der Waals surface area contributed by atoms with Gasteiger partial charge in [-0.25, -0.2) is 0 Å². The van der Waals surface area contributed by atoms with Crippen molar-refractivity contribution in [3.63, 3.8) is 0 Å². The van der Waals surface area contributed by atoms with Crippen molar-refractivity contribution in [2.24, 2.45) is 0 Å². The van der Waals surface area contributed by atoms with Gasteiger partial charge in [0, 0.05) is 19.1 Å². The second-order valence-electron chi connectivity index (χ2n) is 6.24. The number of rotatable bonds is 10. The van der Waals surface area contributed by atoms with E-state index < -0.39 is 0 Å². The highest BCUT2D eigenvalue weighted by Gasteiger charge is 2.22. The van der Waals surface area contributed by atoms with Crippen molar-refractivity contribution in [1.29, 1.82) is 0 Å². The first kappa shape index (κ1) is 19.5. The Hall–Kier alpha value is -0.780. The van der Waals surface area contributed by atoms with Crippen LogP contribution < -0.4 is 14.8 Å². The van der Waals surface area contributed by atoms with E-state index in [2.05, 4.69) is 52.1 Å². The number of nitrogens with zero attached hydrogens (tertiary/aromatic N) is 1. The molecule has 5 heteroatoms. The third-order valence-electron chi connectivity index (χ3n) is 4.43. The molecule has 2 rings (SSSR count). The molecule has 136 valence electrons. The second-order valence-corrected chi connectivity index (χ2v) is 7.10. The number of likely N-dealkylation sites (N-methyl/N-ethyl adjacent to an activating group) is 1. The number of ether oxygens (including phenoxy) is 2. The molecule has 1 N–H and O–H groups in total. The van der Waals surface area contributed by atoms with Gasteiger partial charge in [-0.2, -0.15) is 0 Å². The third-order valence-corrected chi connectivity index (χ3v) is 5.02. The summed E-state index contributed by atoms with van der Waals surface area (Å²) in [6, 6.07) is 4.91. The summed E-state index contributed by atoms with van der Waals surface area (Å²) in [6.45, 7) is 12.0. The van der Waals surface area contributed by atoms with E-state index in [1.165, 1.54) is 24.9 Å². The molecule has 1 heterocycles. The van der Waals surface area contributed by atoms with Gasteiger partial charge in [-0.05, 0) is 72.9 Å². The molecule has 0 radical (unpaired) electrons. The minimum atomic E-state index is 0.638. The van der Waals surface area contributed by atoms with Gasteiger partial charge in [0.2, 0.25) is 0 Å². The zero-order valence-corrected chi connectivity index (χ0v) is 16.8. The van der Waals surface area contributed by atoms with E-state index in [-0.39, 0.29) is 0 Å². The molecule has 1 aliphatic heterocycles. The third kappa shape index (κ3) is 5.36. The molecule has 1 saturated heterocycles. The summed E-state index contributed by atoms with van der Waals surface area (Å²) in [5, 5.41) is 3.61. The van der Waals surface area contributed by atoms with E-state index >= 15 is 0 Å². The smallest absolute Gasteiger partial charge is 0.175 e. The van der Waals surface area contributed by atoms with E-state index in [0.717, 1.165) is 42.0 Å². The van der Waals surface area contributed by atoms with E-state index in [0.29, 0.717) is 19.3 Å². The van der Waals surface area contributed by atoms with E-state index in [4.69, 9.17) is 9.47 Å². The highest BCUT2D eigenvalue weighted by Crippen LogP contribution is 2.37. The molecule has 0 saturated carbocycles. The molecule has 1 unspecified atom stereocenters. The maximum absolute atomic E-state index is 5.84. The Labute approximate surface area is 155 Å². The molecule has 1 fully saturated rings. The average molecular weight is 399 g/mol. The Morgan fingerprint density at radius 3 is 2.79 bits per heavy atom. The normalized spacial score (nSPS) is 18.1. The minimum Gasteiger partial charge on any atom is -0.490 e. The van der Waals surface area contributed by atoms with Gasteiger partial charge in [0.1, 0.15) is 0 Å². The summed E-state index contributed by atoms with van der Waals surface area (Å²) in [7, 11) is 0. The summed E-state index contributed by atoms with van der Waals surface area (Å²) in [5.74, 6) is 1.64. The number of likely N-dealkylation sites (tertiary alicyclic amines) is 1. The SMILES string of the molecule is CCCOc1c(Br)cc(CNCC2CCCN2CC)cc1OCC. The van der Waals surface area contributed by atoms with Crippen molar-refractivity contribution < 1.29 is 9.47 Å². The number of nitrogens with one attached hydrogen (secondary N) is 1. The van der Waals surface area contributed by atoms with Gasteiger partial charge in [0.05, 0.1) is 17.7 Å². The van der Waals surface area contributed by atoms with Crippen LogP contribution in [0.4, 0.5) is 0 Å². The van der Waals surface area contributed by atoms with Crippen molar-refractivity contribution >= 4 is 15.9 Å². The highest BCUT2D eigenvalue weighted by atomic mass is 79.9. The van der Waals surface area contributed by atoms with Crippen LogP contribution in [0.2, 0.25) is 0 Å². The molecule has 1 aromatic rings. The minimum absolute atomic E-state index is 0.638. The quantitative estimate of drug-likeness (QED) is 0.639. The summed E-state index contributed by atoms with van der Waals surface area (Å²) >= 11 is 3.64. The topological polar surface area (TPSA) is 33.7 Å². The summed E-state index contributed by atoms with van der Waals surface area (Å²) in [4.78, 5) is 2.57. The zero-order valence-electron chi connectivity index (χ0n) is 15.2. The standard InChI is InChI=1S/C19H31BrN2O2/c1-4-10-24-19-17(20)11-15(12-18(19)23-6-3)13-21-14-16-8-7-9-22(16)5-2/h11-12,16,21H,4-10,13-14H2,1-3H3. The average Bonchev–Trinajstić information content (AvgIpc) is 3.02. The molecule has 0 spiro atoms. The van der Waals surface area contributed by atoms with Crippen LogP contribution in [0.1, 0.15) is 45.6 Å². The van der Waals surface area contributed by atoms with Gasteiger partial charge < -0.3 is 14.8 Å². The number of halogens is 1. The highest BCUT2D eigenvalue weighted by molar-refractivity contribution is 9.10. The second kappa shape index (κ2) is 10.3. The van der Waals surface area contributed by atoms with Crippen LogP contribution in [0.15, 0.2) is 16.6 Å². The monoisotopic (exact) mass is 398 g/mol. The molecule has 0 bridgehead atoms. The molecule has 1 aromatic carbocycles. The van der Waals surface area contributed by atoms with Crippen LogP contribution in [0.3, 0.4) is 0 Å². The lowest BCUT2D eigenvalue weighted by molar-refractivity contribution is 0.259. The van der Waals surface area contributed by atoms with E-state index in [1.54, 1.807) is 0 Å². The van der Waals surface area contributed by atoms with Crippen LogP contribution in [0.5, 0.6) is 11.5 Å². The lowest BCUT2D eigenvalue weighted by atomic mass is 10.1. The Morgan fingerprint density at radius 2 is 2.08 bits per heavy atom.